The molecule has 1 aromatic heterocycles. The van der Waals surface area contributed by atoms with Crippen molar-refractivity contribution >= 4 is 47.6 Å². The number of hydrogen-bond acceptors (Lipinski definition) is 6. The molecule has 0 saturated carbocycles. The van der Waals surface area contributed by atoms with Gasteiger partial charge in [0.25, 0.3) is 0 Å². The first-order chi connectivity index (χ1) is 8.90. The van der Waals surface area contributed by atoms with E-state index in [1.807, 2.05) is 0 Å². The molecule has 0 aliphatic rings. The Labute approximate surface area is 125 Å². The number of nitrogens with one attached hydrogen (secondary N) is 1. The van der Waals surface area contributed by atoms with Gasteiger partial charge in [0.05, 0.1) is 6.54 Å². The molecule has 0 fully saturated rings. The molecule has 0 amide bonds. The summed E-state index contributed by atoms with van der Waals surface area (Å²) in [7, 11) is -3.74. The summed E-state index contributed by atoms with van der Waals surface area (Å²) in [6.45, 7) is -0.0674. The van der Waals surface area contributed by atoms with Gasteiger partial charge >= 0.3 is 0 Å². The lowest BCUT2D eigenvalue weighted by Crippen LogP contribution is -2.24. The highest BCUT2D eigenvalue weighted by Crippen LogP contribution is 2.32. The molecule has 19 heavy (non-hydrogen) atoms. The molecule has 102 valence electrons. The van der Waals surface area contributed by atoms with Crippen molar-refractivity contribution in [2.75, 3.05) is 5.73 Å². The third-order valence-corrected chi connectivity index (χ3v) is 5.39. The molecule has 7 nitrogen and oxygen atoms in total. The van der Waals surface area contributed by atoms with Crippen molar-refractivity contribution in [3.8, 4) is 0 Å². The maximum atomic E-state index is 12.2. The highest BCUT2D eigenvalue weighted by Gasteiger charge is 2.22. The number of nitrogen functional groups attached to an aromatic ring is 1. The van der Waals surface area contributed by atoms with Gasteiger partial charge in [-0.25, -0.2) is 13.1 Å². The van der Waals surface area contributed by atoms with Gasteiger partial charge in [0.15, 0.2) is 5.82 Å². The third kappa shape index (κ3) is 3.32. The van der Waals surface area contributed by atoms with Gasteiger partial charge in [0.1, 0.15) is 4.90 Å². The number of anilines is 1. The van der Waals surface area contributed by atoms with E-state index in [4.69, 9.17) is 5.73 Å². The van der Waals surface area contributed by atoms with Gasteiger partial charge in [0, 0.05) is 14.6 Å². The lowest BCUT2D eigenvalue weighted by molar-refractivity contribution is 0.409. The van der Waals surface area contributed by atoms with Crippen LogP contribution in [0.4, 0.5) is 5.69 Å². The summed E-state index contributed by atoms with van der Waals surface area (Å²) in [5.74, 6) is 0.242. The topological polar surface area (TPSA) is 111 Å². The van der Waals surface area contributed by atoms with Crippen molar-refractivity contribution in [3.05, 3.63) is 33.3 Å². The Morgan fingerprint density at radius 2 is 1.95 bits per heavy atom. The van der Waals surface area contributed by atoms with Gasteiger partial charge in [-0.2, -0.15) is 4.98 Å². The summed E-state index contributed by atoms with van der Waals surface area (Å²) in [4.78, 5) is 3.78. The second-order valence-electron chi connectivity index (χ2n) is 3.49. The van der Waals surface area contributed by atoms with Crippen molar-refractivity contribution in [2.24, 2.45) is 0 Å². The maximum Gasteiger partial charge on any atom is 0.243 e. The monoisotopic (exact) mass is 410 g/mol. The van der Waals surface area contributed by atoms with E-state index >= 15 is 0 Å². The summed E-state index contributed by atoms with van der Waals surface area (Å²) in [5.41, 5.74) is 6.06. The number of nitrogens with zero attached hydrogens (tertiary/aromatic N) is 2. The molecule has 0 spiro atoms. The van der Waals surface area contributed by atoms with Crippen LogP contribution in [0, 0.1) is 0 Å². The third-order valence-electron chi connectivity index (χ3n) is 2.12. The van der Waals surface area contributed by atoms with Crippen molar-refractivity contribution in [2.45, 2.75) is 11.4 Å². The number of rotatable bonds is 4. The van der Waals surface area contributed by atoms with E-state index in [2.05, 4.69) is 51.2 Å². The fraction of sp³-hybridized carbons (Fsp3) is 0.111. The molecule has 0 saturated heterocycles. The number of hydrogen-bond donors (Lipinski definition) is 2. The predicted molar refractivity (Wildman–Crippen MR) is 74.6 cm³/mol. The van der Waals surface area contributed by atoms with E-state index in [-0.39, 0.29) is 17.3 Å². The molecule has 0 bridgehead atoms. The highest BCUT2D eigenvalue weighted by molar-refractivity contribution is 9.11. The van der Waals surface area contributed by atoms with Crippen LogP contribution < -0.4 is 10.5 Å². The summed E-state index contributed by atoms with van der Waals surface area (Å²) in [6.07, 6.45) is 1.12. The second kappa shape index (κ2) is 5.57. The minimum atomic E-state index is -3.74. The maximum absolute atomic E-state index is 12.2. The van der Waals surface area contributed by atoms with Crippen molar-refractivity contribution in [1.82, 2.24) is 14.9 Å². The molecular formula is C9H8Br2N4O3S. The Balaban J connectivity index is 2.29. The SMILES string of the molecule is Nc1cc(Br)c(S(=O)(=O)NCc2ncon2)c(Br)c1. The molecule has 0 unspecified atom stereocenters. The van der Waals surface area contributed by atoms with Crippen molar-refractivity contribution < 1.29 is 12.9 Å². The van der Waals surface area contributed by atoms with Crippen LogP contribution >= 0.6 is 31.9 Å². The van der Waals surface area contributed by atoms with Gasteiger partial charge in [0.2, 0.25) is 16.4 Å². The fourth-order valence-electron chi connectivity index (χ4n) is 1.34. The zero-order valence-corrected chi connectivity index (χ0v) is 13.3. The first-order valence-electron chi connectivity index (χ1n) is 4.89. The van der Waals surface area contributed by atoms with Gasteiger partial charge in [-0.15, -0.1) is 0 Å². The molecule has 3 N–H and O–H groups in total. The Kier molecular flexibility index (Phi) is 4.23. The van der Waals surface area contributed by atoms with Crippen LogP contribution in [0.3, 0.4) is 0 Å². The highest BCUT2D eigenvalue weighted by atomic mass is 79.9. The molecule has 1 aromatic carbocycles. The zero-order valence-electron chi connectivity index (χ0n) is 9.30. The Morgan fingerprint density at radius 3 is 2.47 bits per heavy atom. The van der Waals surface area contributed by atoms with E-state index in [9.17, 15) is 8.42 Å². The zero-order chi connectivity index (χ0) is 14.0. The van der Waals surface area contributed by atoms with Crippen LogP contribution in [0.1, 0.15) is 5.82 Å². The van der Waals surface area contributed by atoms with Crippen LogP contribution in [-0.2, 0) is 16.6 Å². The Morgan fingerprint density at radius 1 is 1.32 bits per heavy atom. The molecular weight excluding hydrogens is 404 g/mol. The number of aromatic nitrogens is 2. The van der Waals surface area contributed by atoms with Gasteiger partial charge in [-0.3, -0.25) is 0 Å². The standard InChI is InChI=1S/C9H8Br2N4O3S/c10-6-1-5(12)2-7(11)9(6)19(16,17)14-3-8-13-4-18-15-8/h1-2,4,14H,3,12H2. The Bertz CT molecular complexity index is 664. The molecule has 0 aliphatic carbocycles. The molecule has 0 aliphatic heterocycles. The summed E-state index contributed by atoms with van der Waals surface area (Å²) in [5, 5.41) is 3.52. The normalized spacial score (nSPS) is 11.7. The van der Waals surface area contributed by atoms with Crippen LogP contribution in [-0.4, -0.2) is 18.6 Å². The fourth-order valence-corrected chi connectivity index (χ4v) is 4.93. The molecule has 2 rings (SSSR count). The van der Waals surface area contributed by atoms with Gasteiger partial charge in [-0.1, -0.05) is 5.16 Å². The van der Waals surface area contributed by atoms with E-state index in [0.29, 0.717) is 14.6 Å². The second-order valence-corrected chi connectivity index (χ2v) is 6.90. The predicted octanol–water partition coefficient (Wildman–Crippen LogP) is 1.66. The number of sulfonamides is 1. The minimum Gasteiger partial charge on any atom is -0.399 e. The lowest BCUT2D eigenvalue weighted by atomic mass is 10.3. The summed E-state index contributed by atoms with van der Waals surface area (Å²) >= 11 is 6.35. The van der Waals surface area contributed by atoms with Crippen LogP contribution in [0.15, 0.2) is 36.9 Å². The molecule has 0 radical (unpaired) electrons. The van der Waals surface area contributed by atoms with E-state index in [1.54, 1.807) is 0 Å². The minimum absolute atomic E-state index is 0.0604. The van der Waals surface area contributed by atoms with E-state index in [0.717, 1.165) is 6.39 Å². The number of nitrogens with two attached hydrogens (primary N) is 1. The summed E-state index contributed by atoms with van der Waals surface area (Å²) in [6, 6.07) is 3.02. The molecule has 2 aromatic rings. The first-order valence-corrected chi connectivity index (χ1v) is 7.96. The number of halogens is 2. The summed E-state index contributed by atoms with van der Waals surface area (Å²) < 4.78 is 32.0. The van der Waals surface area contributed by atoms with Crippen LogP contribution in [0.2, 0.25) is 0 Å². The van der Waals surface area contributed by atoms with Crippen LogP contribution in [0.5, 0.6) is 0 Å². The molecule has 10 heteroatoms. The van der Waals surface area contributed by atoms with Crippen molar-refractivity contribution in [1.29, 1.82) is 0 Å². The average molecular weight is 412 g/mol. The number of benzene rings is 1. The quantitative estimate of drug-likeness (QED) is 0.740. The largest absolute Gasteiger partial charge is 0.399 e. The van der Waals surface area contributed by atoms with E-state index < -0.39 is 10.0 Å². The molecule has 1 heterocycles. The van der Waals surface area contributed by atoms with Gasteiger partial charge in [-0.05, 0) is 44.0 Å². The van der Waals surface area contributed by atoms with E-state index in [1.165, 1.54) is 12.1 Å². The average Bonchev–Trinajstić information content (AvgIpc) is 2.77. The lowest BCUT2D eigenvalue weighted by Gasteiger charge is -2.10. The Hall–Kier alpha value is -0.970. The molecule has 0 atom stereocenters. The van der Waals surface area contributed by atoms with Gasteiger partial charge < -0.3 is 10.3 Å². The smallest absolute Gasteiger partial charge is 0.243 e. The van der Waals surface area contributed by atoms with Crippen LogP contribution in [0.25, 0.3) is 0 Å². The first kappa shape index (κ1) is 14.4. The van der Waals surface area contributed by atoms with Crippen molar-refractivity contribution in [3.63, 3.8) is 0 Å².